The zero-order valence-corrected chi connectivity index (χ0v) is 17.4. The lowest BCUT2D eigenvalue weighted by atomic mass is 9.97. The van der Waals surface area contributed by atoms with E-state index in [9.17, 15) is 4.79 Å². The lowest BCUT2D eigenvalue weighted by molar-refractivity contribution is 0.0705. The largest absolute Gasteiger partial charge is 0.350 e. The Labute approximate surface area is 175 Å². The van der Waals surface area contributed by atoms with Crippen molar-refractivity contribution in [1.29, 1.82) is 0 Å². The van der Waals surface area contributed by atoms with E-state index in [1.165, 1.54) is 34.4 Å². The van der Waals surface area contributed by atoms with Crippen LogP contribution >= 0.6 is 0 Å². The average Bonchev–Trinajstić information content (AvgIpc) is 3.08. The van der Waals surface area contributed by atoms with Gasteiger partial charge in [-0.3, -0.25) is 10.0 Å². The Bertz CT molecular complexity index is 1020. The number of fused-ring (bicyclic) bond motifs is 1. The van der Waals surface area contributed by atoms with Crippen LogP contribution in [-0.4, -0.2) is 45.3 Å². The van der Waals surface area contributed by atoms with Gasteiger partial charge in [-0.25, -0.2) is 15.4 Å². The molecule has 3 aromatic rings. The maximum absolute atomic E-state index is 11.4. The van der Waals surface area contributed by atoms with Crippen molar-refractivity contribution in [3.8, 4) is 0 Å². The van der Waals surface area contributed by atoms with Crippen LogP contribution in [0, 0.1) is 12.8 Å². The van der Waals surface area contributed by atoms with Gasteiger partial charge in [0.05, 0.1) is 5.56 Å². The molecule has 8 heteroatoms. The van der Waals surface area contributed by atoms with Crippen LogP contribution in [0.5, 0.6) is 0 Å². The second-order valence-corrected chi connectivity index (χ2v) is 8.06. The molecule has 1 aliphatic rings. The maximum atomic E-state index is 11.4. The topological polar surface area (TPSA) is 95.3 Å². The number of hydrogen-bond acceptors (Lipinski definition) is 6. The van der Waals surface area contributed by atoms with E-state index in [0.717, 1.165) is 39.0 Å². The Kier molecular flexibility index (Phi) is 5.96. The minimum Gasteiger partial charge on any atom is -0.350 e. The fourth-order valence-corrected chi connectivity index (χ4v) is 4.13. The van der Waals surface area contributed by atoms with E-state index in [0.29, 0.717) is 11.9 Å². The second kappa shape index (κ2) is 8.81. The van der Waals surface area contributed by atoms with E-state index in [1.807, 2.05) is 0 Å². The van der Waals surface area contributed by atoms with Crippen molar-refractivity contribution in [3.63, 3.8) is 0 Å². The van der Waals surface area contributed by atoms with E-state index in [2.05, 4.69) is 63.1 Å². The minimum atomic E-state index is -0.604. The molecule has 1 fully saturated rings. The van der Waals surface area contributed by atoms with Crippen molar-refractivity contribution in [2.24, 2.45) is 13.0 Å². The lowest BCUT2D eigenvalue weighted by Gasteiger charge is -2.32. The SMILES string of the molecule is Cc1ccc2c(CNCC3CCN(c4ncc(C(=O)NO)cn4)CC3)cn(C)c2c1. The third-order valence-corrected chi connectivity index (χ3v) is 5.88. The Morgan fingerprint density at radius 3 is 2.67 bits per heavy atom. The summed E-state index contributed by atoms with van der Waals surface area (Å²) in [7, 11) is 2.10. The van der Waals surface area contributed by atoms with Gasteiger partial charge in [-0.15, -0.1) is 0 Å². The van der Waals surface area contributed by atoms with Crippen LogP contribution in [0.25, 0.3) is 10.9 Å². The summed E-state index contributed by atoms with van der Waals surface area (Å²) < 4.78 is 2.20. The smallest absolute Gasteiger partial charge is 0.277 e. The molecule has 0 atom stereocenters. The van der Waals surface area contributed by atoms with E-state index in [1.54, 1.807) is 5.48 Å². The molecule has 1 aromatic carbocycles. The first-order valence-corrected chi connectivity index (χ1v) is 10.3. The van der Waals surface area contributed by atoms with Crippen molar-refractivity contribution in [3.05, 3.63) is 53.5 Å². The molecule has 8 nitrogen and oxygen atoms in total. The second-order valence-electron chi connectivity index (χ2n) is 8.06. The Hall–Kier alpha value is -2.97. The van der Waals surface area contributed by atoms with Gasteiger partial charge in [-0.05, 0) is 49.4 Å². The fraction of sp³-hybridized carbons (Fsp3) is 0.409. The van der Waals surface area contributed by atoms with Crippen LogP contribution < -0.4 is 15.7 Å². The molecule has 3 N–H and O–H groups in total. The average molecular weight is 409 g/mol. The molecule has 0 radical (unpaired) electrons. The summed E-state index contributed by atoms with van der Waals surface area (Å²) in [4.78, 5) is 22.0. The number of hydroxylamine groups is 1. The molecule has 0 spiro atoms. The Morgan fingerprint density at radius 1 is 1.23 bits per heavy atom. The third kappa shape index (κ3) is 4.29. The standard InChI is InChI=1S/C22H28N6O2/c1-15-3-4-19-18(14-27(2)20(19)9-15)11-23-10-16-5-7-28(8-6-16)22-24-12-17(13-25-22)21(29)26-30/h3-4,9,12-14,16,23,30H,5-8,10-11H2,1-2H3,(H,26,29). The minimum absolute atomic E-state index is 0.240. The molecule has 0 saturated carbocycles. The summed E-state index contributed by atoms with van der Waals surface area (Å²) in [5, 5.41) is 13.6. The summed E-state index contributed by atoms with van der Waals surface area (Å²) in [6, 6.07) is 6.63. The maximum Gasteiger partial charge on any atom is 0.277 e. The van der Waals surface area contributed by atoms with Crippen LogP contribution in [-0.2, 0) is 13.6 Å². The predicted octanol–water partition coefficient (Wildman–Crippen LogP) is 2.40. The number of hydrogen-bond donors (Lipinski definition) is 3. The van der Waals surface area contributed by atoms with Crippen molar-refractivity contribution >= 4 is 22.8 Å². The van der Waals surface area contributed by atoms with Crippen molar-refractivity contribution in [1.82, 2.24) is 25.3 Å². The highest BCUT2D eigenvalue weighted by atomic mass is 16.5. The zero-order chi connectivity index (χ0) is 21.1. The predicted molar refractivity (Wildman–Crippen MR) is 116 cm³/mol. The number of benzene rings is 1. The molecule has 2 aromatic heterocycles. The lowest BCUT2D eigenvalue weighted by Crippen LogP contribution is -2.38. The number of carbonyl (C=O) groups is 1. The van der Waals surface area contributed by atoms with E-state index in [4.69, 9.17) is 5.21 Å². The number of carbonyl (C=O) groups excluding carboxylic acids is 1. The molecule has 4 rings (SSSR count). The van der Waals surface area contributed by atoms with E-state index < -0.39 is 5.91 Å². The molecule has 3 heterocycles. The van der Waals surface area contributed by atoms with Crippen molar-refractivity contribution < 1.29 is 10.0 Å². The fourth-order valence-electron chi connectivity index (χ4n) is 4.13. The van der Waals surface area contributed by atoms with Gasteiger partial charge in [0.1, 0.15) is 0 Å². The summed E-state index contributed by atoms with van der Waals surface area (Å²) in [6.07, 6.45) is 7.24. The van der Waals surface area contributed by atoms with Gasteiger partial charge in [0, 0.05) is 56.2 Å². The van der Waals surface area contributed by atoms with Gasteiger partial charge in [0.2, 0.25) is 5.95 Å². The summed E-state index contributed by atoms with van der Waals surface area (Å²) in [6.45, 7) is 5.78. The molecule has 0 aliphatic carbocycles. The highest BCUT2D eigenvalue weighted by molar-refractivity contribution is 5.92. The van der Waals surface area contributed by atoms with Gasteiger partial charge >= 0.3 is 0 Å². The van der Waals surface area contributed by atoms with Crippen molar-refractivity contribution in [2.75, 3.05) is 24.5 Å². The monoisotopic (exact) mass is 408 g/mol. The number of aromatic nitrogens is 3. The van der Waals surface area contributed by atoms with E-state index >= 15 is 0 Å². The Morgan fingerprint density at radius 2 is 1.97 bits per heavy atom. The molecule has 158 valence electrons. The molecule has 30 heavy (non-hydrogen) atoms. The van der Waals surface area contributed by atoms with Crippen LogP contribution in [0.1, 0.15) is 34.3 Å². The molecule has 0 unspecified atom stereocenters. The molecular formula is C22H28N6O2. The van der Waals surface area contributed by atoms with Gasteiger partial charge < -0.3 is 14.8 Å². The highest BCUT2D eigenvalue weighted by Gasteiger charge is 2.21. The third-order valence-electron chi connectivity index (χ3n) is 5.88. The molecule has 1 amide bonds. The van der Waals surface area contributed by atoms with Gasteiger partial charge in [-0.1, -0.05) is 12.1 Å². The first-order chi connectivity index (χ1) is 14.5. The number of rotatable bonds is 6. The number of aryl methyl sites for hydroxylation is 2. The summed E-state index contributed by atoms with van der Waals surface area (Å²) in [5.74, 6) is 0.646. The molecular weight excluding hydrogens is 380 g/mol. The Balaban J connectivity index is 1.27. The first kappa shape index (κ1) is 20.3. The number of piperidine rings is 1. The van der Waals surface area contributed by atoms with Crippen LogP contribution in [0.15, 0.2) is 36.8 Å². The molecule has 1 aliphatic heterocycles. The molecule has 0 bridgehead atoms. The summed E-state index contributed by atoms with van der Waals surface area (Å²) in [5.41, 5.74) is 5.73. The normalized spacial score (nSPS) is 15.0. The van der Waals surface area contributed by atoms with Crippen LogP contribution in [0.3, 0.4) is 0 Å². The highest BCUT2D eigenvalue weighted by Crippen LogP contribution is 2.23. The van der Waals surface area contributed by atoms with Gasteiger partial charge in [0.15, 0.2) is 0 Å². The van der Waals surface area contributed by atoms with Crippen molar-refractivity contribution in [2.45, 2.75) is 26.3 Å². The number of nitrogens with one attached hydrogen (secondary N) is 2. The van der Waals surface area contributed by atoms with Crippen LogP contribution in [0.2, 0.25) is 0 Å². The van der Waals surface area contributed by atoms with Gasteiger partial charge in [0.25, 0.3) is 5.91 Å². The zero-order valence-electron chi connectivity index (χ0n) is 17.4. The van der Waals surface area contributed by atoms with Gasteiger partial charge in [-0.2, -0.15) is 0 Å². The van der Waals surface area contributed by atoms with Crippen LogP contribution in [0.4, 0.5) is 5.95 Å². The molecule has 1 saturated heterocycles. The number of amides is 1. The number of anilines is 1. The summed E-state index contributed by atoms with van der Waals surface area (Å²) >= 11 is 0. The quantitative estimate of drug-likeness (QED) is 0.428. The first-order valence-electron chi connectivity index (χ1n) is 10.3. The van der Waals surface area contributed by atoms with E-state index in [-0.39, 0.29) is 5.56 Å². The number of nitrogens with zero attached hydrogens (tertiary/aromatic N) is 4.